The first-order chi connectivity index (χ1) is 23.1. The van der Waals surface area contributed by atoms with Crippen LogP contribution in [0.5, 0.6) is 0 Å². The topological polar surface area (TPSA) is 179 Å². The van der Waals surface area contributed by atoms with Crippen molar-refractivity contribution in [3.8, 4) is 0 Å². The van der Waals surface area contributed by atoms with Crippen LogP contribution in [0.25, 0.3) is 0 Å². The van der Waals surface area contributed by atoms with Crippen LogP contribution in [0.3, 0.4) is 0 Å². The van der Waals surface area contributed by atoms with Gasteiger partial charge in [0.25, 0.3) is 11.8 Å². The summed E-state index contributed by atoms with van der Waals surface area (Å²) in [5, 5.41) is 18.4. The fourth-order valence-corrected chi connectivity index (χ4v) is 6.13. The van der Waals surface area contributed by atoms with E-state index in [1.54, 1.807) is 32.3 Å². The molecule has 0 aliphatic carbocycles. The van der Waals surface area contributed by atoms with Crippen LogP contribution in [-0.2, 0) is 26.0 Å². The second kappa shape index (κ2) is 17.9. The molecule has 3 rings (SSSR count). The first-order valence-electron chi connectivity index (χ1n) is 16.0. The number of rotatable bonds is 17. The largest absolute Gasteiger partial charge is 0.355 e. The maximum atomic E-state index is 13.8. The predicted molar refractivity (Wildman–Crippen MR) is 192 cm³/mol. The molecule has 1 aromatic carbocycles. The first kappa shape index (κ1) is 39.1. The average molecular weight is 714 g/mol. The van der Waals surface area contributed by atoms with Crippen molar-refractivity contribution in [2.75, 3.05) is 30.7 Å². The number of hydrogen-bond acceptors (Lipinski definition) is 9. The van der Waals surface area contributed by atoms with Gasteiger partial charge in [-0.3, -0.25) is 28.5 Å². The van der Waals surface area contributed by atoms with Gasteiger partial charge in [-0.1, -0.05) is 19.9 Å². The number of hydrogen-bond donors (Lipinski definition) is 5. The van der Waals surface area contributed by atoms with Crippen molar-refractivity contribution in [3.05, 3.63) is 81.8 Å². The molecule has 0 bridgehead atoms. The number of carbonyl (C=O) groups is 4. The number of anilines is 1. The molecule has 0 saturated heterocycles. The van der Waals surface area contributed by atoms with Gasteiger partial charge in [0.05, 0.1) is 24.0 Å². The molecule has 0 radical (unpaired) electrons. The van der Waals surface area contributed by atoms with E-state index in [-0.39, 0.29) is 47.1 Å². The number of thiophene rings is 1. The van der Waals surface area contributed by atoms with Gasteiger partial charge >= 0.3 is 0 Å². The molecule has 15 heteroatoms. The van der Waals surface area contributed by atoms with Crippen LogP contribution in [0, 0.1) is 5.92 Å². The van der Waals surface area contributed by atoms with Crippen LogP contribution >= 0.6 is 11.3 Å². The molecule has 2 heterocycles. The monoisotopic (exact) mass is 713 g/mol. The number of amides is 4. The van der Waals surface area contributed by atoms with E-state index in [1.165, 1.54) is 36.6 Å². The molecule has 4 amide bonds. The molecule has 3 aromatic rings. The van der Waals surface area contributed by atoms with Crippen LogP contribution in [0.4, 0.5) is 5.69 Å². The molecule has 0 aliphatic rings. The molecule has 1 unspecified atom stereocenters. The standard InChI is InChI=1S/C34H47N7O6S2/c1-8-36-34(45)30(21(2)3)40-31(42)23(5)37-19-28(14-24-10-9-12-35-18-24)39-33(44)27-15-26(16-29(17-27)41(6)49(7,46)47)32(43)38-22(4)25-11-13-48-20-25/h9-13,15-18,20-23,28,30,37H,8,14,19H2,1-7H3,(H,36,45)(H,38,43)(H,39,44)(H,40,42)/t22?,23-,28-,30-/m0/s1. The smallest absolute Gasteiger partial charge is 0.251 e. The Kier molecular flexibility index (Phi) is 14.3. The number of nitrogens with one attached hydrogen (secondary N) is 5. The minimum absolute atomic E-state index is 0.0741. The molecule has 49 heavy (non-hydrogen) atoms. The Morgan fingerprint density at radius 2 is 1.61 bits per heavy atom. The zero-order chi connectivity index (χ0) is 36.3. The van der Waals surface area contributed by atoms with Crippen LogP contribution in [0.1, 0.15) is 72.5 Å². The lowest BCUT2D eigenvalue weighted by Gasteiger charge is -2.25. The van der Waals surface area contributed by atoms with E-state index in [9.17, 15) is 27.6 Å². The summed E-state index contributed by atoms with van der Waals surface area (Å²) < 4.78 is 25.9. The fraction of sp³-hybridized carbons (Fsp3) is 0.441. The van der Waals surface area contributed by atoms with Crippen molar-refractivity contribution in [2.24, 2.45) is 5.92 Å². The van der Waals surface area contributed by atoms with Crippen molar-refractivity contribution in [2.45, 2.75) is 65.2 Å². The second-order valence-corrected chi connectivity index (χ2v) is 15.0. The van der Waals surface area contributed by atoms with Crippen LogP contribution in [-0.4, -0.2) is 81.5 Å². The Hall–Kier alpha value is -4.34. The average Bonchev–Trinajstić information content (AvgIpc) is 3.60. The third kappa shape index (κ3) is 11.6. The number of nitrogens with zero attached hydrogens (tertiary/aromatic N) is 2. The van der Waals surface area contributed by atoms with Crippen molar-refractivity contribution in [1.82, 2.24) is 31.6 Å². The van der Waals surface area contributed by atoms with Gasteiger partial charge in [-0.15, -0.1) is 0 Å². The Morgan fingerprint density at radius 1 is 0.939 bits per heavy atom. The second-order valence-electron chi connectivity index (χ2n) is 12.2. The van der Waals surface area contributed by atoms with Crippen LogP contribution < -0.4 is 30.9 Å². The zero-order valence-corrected chi connectivity index (χ0v) is 30.6. The molecule has 0 fully saturated rings. The number of sulfonamides is 1. The zero-order valence-electron chi connectivity index (χ0n) is 28.9. The summed E-state index contributed by atoms with van der Waals surface area (Å²) in [6, 6.07) is 7.49. The van der Waals surface area contributed by atoms with Crippen molar-refractivity contribution in [1.29, 1.82) is 0 Å². The van der Waals surface area contributed by atoms with E-state index < -0.39 is 40.0 Å². The number of likely N-dealkylation sites (N-methyl/N-ethyl adjacent to an activating group) is 1. The summed E-state index contributed by atoms with van der Waals surface area (Å²) in [5.74, 6) is -1.80. The Bertz CT molecular complexity index is 1680. The molecular weight excluding hydrogens is 667 g/mol. The molecule has 4 atom stereocenters. The summed E-state index contributed by atoms with van der Waals surface area (Å²) in [5.41, 5.74) is 2.07. The van der Waals surface area contributed by atoms with Gasteiger partial charge in [0.2, 0.25) is 21.8 Å². The SMILES string of the molecule is CCNC(=O)[C@@H](NC(=O)[C@H](C)NC[C@H](Cc1cccnc1)NC(=O)c1cc(C(=O)NC(C)c2ccsc2)cc(N(C)S(C)(=O)=O)c1)C(C)C. The molecule has 0 aliphatic heterocycles. The van der Waals surface area contributed by atoms with E-state index in [2.05, 4.69) is 31.6 Å². The van der Waals surface area contributed by atoms with Crippen molar-refractivity contribution < 1.29 is 27.6 Å². The van der Waals surface area contributed by atoms with E-state index in [0.717, 1.165) is 21.7 Å². The summed E-state index contributed by atoms with van der Waals surface area (Å²) in [4.78, 5) is 56.9. The summed E-state index contributed by atoms with van der Waals surface area (Å²) >= 11 is 1.50. The van der Waals surface area contributed by atoms with Gasteiger partial charge in [0.15, 0.2) is 0 Å². The molecule has 0 saturated carbocycles. The number of benzene rings is 1. The third-order valence-electron chi connectivity index (χ3n) is 7.90. The molecular formula is C34H47N7O6S2. The van der Waals surface area contributed by atoms with Crippen LogP contribution in [0.15, 0.2) is 59.6 Å². The van der Waals surface area contributed by atoms with Gasteiger partial charge in [-0.05, 0) is 85.3 Å². The molecule has 5 N–H and O–H groups in total. The summed E-state index contributed by atoms with van der Waals surface area (Å²) in [7, 11) is -2.37. The molecule has 0 spiro atoms. The van der Waals surface area contributed by atoms with E-state index in [1.807, 2.05) is 43.7 Å². The minimum Gasteiger partial charge on any atom is -0.355 e. The van der Waals surface area contributed by atoms with Crippen molar-refractivity contribution in [3.63, 3.8) is 0 Å². The highest BCUT2D eigenvalue weighted by molar-refractivity contribution is 7.92. The van der Waals surface area contributed by atoms with Gasteiger partial charge < -0.3 is 26.6 Å². The minimum atomic E-state index is -3.72. The third-order valence-corrected chi connectivity index (χ3v) is 9.80. The summed E-state index contributed by atoms with van der Waals surface area (Å²) in [6.07, 6.45) is 4.69. The maximum Gasteiger partial charge on any atom is 0.251 e. The molecule has 2 aromatic heterocycles. The fourth-order valence-electron chi connectivity index (χ4n) is 4.89. The van der Waals surface area contributed by atoms with Crippen molar-refractivity contribution >= 4 is 50.7 Å². The maximum absolute atomic E-state index is 13.8. The highest BCUT2D eigenvalue weighted by Gasteiger charge is 2.27. The predicted octanol–water partition coefficient (Wildman–Crippen LogP) is 2.63. The molecule has 13 nitrogen and oxygen atoms in total. The lowest BCUT2D eigenvalue weighted by Crippen LogP contribution is -2.55. The van der Waals surface area contributed by atoms with E-state index in [0.29, 0.717) is 13.0 Å². The Labute approximate surface area is 292 Å². The lowest BCUT2D eigenvalue weighted by molar-refractivity contribution is -0.130. The Morgan fingerprint density at radius 3 is 2.16 bits per heavy atom. The lowest BCUT2D eigenvalue weighted by atomic mass is 10.0. The normalized spacial score (nSPS) is 13.9. The van der Waals surface area contributed by atoms with Gasteiger partial charge in [0, 0.05) is 49.7 Å². The van der Waals surface area contributed by atoms with Crippen LogP contribution in [0.2, 0.25) is 0 Å². The van der Waals surface area contributed by atoms with E-state index >= 15 is 0 Å². The number of carbonyl (C=O) groups excluding carboxylic acids is 4. The van der Waals surface area contributed by atoms with Gasteiger partial charge in [0.1, 0.15) is 6.04 Å². The number of pyridine rings is 1. The highest BCUT2D eigenvalue weighted by Crippen LogP contribution is 2.23. The van der Waals surface area contributed by atoms with E-state index in [4.69, 9.17) is 0 Å². The summed E-state index contributed by atoms with van der Waals surface area (Å²) in [6.45, 7) is 9.60. The van der Waals surface area contributed by atoms with Gasteiger partial charge in [-0.25, -0.2) is 8.42 Å². The quantitative estimate of drug-likeness (QED) is 0.142. The number of aromatic nitrogens is 1. The Balaban J connectivity index is 1.85. The van der Waals surface area contributed by atoms with Gasteiger partial charge in [-0.2, -0.15) is 11.3 Å². The highest BCUT2D eigenvalue weighted by atomic mass is 32.2. The molecule has 266 valence electrons. The first-order valence-corrected chi connectivity index (χ1v) is 18.8.